The molecule has 1 aliphatic carbocycles. The zero-order valence-corrected chi connectivity index (χ0v) is 11.1. The lowest BCUT2D eigenvalue weighted by molar-refractivity contribution is 0.196. The van der Waals surface area contributed by atoms with E-state index in [0.29, 0.717) is 18.3 Å². The van der Waals surface area contributed by atoms with Crippen molar-refractivity contribution >= 4 is 9.24 Å². The van der Waals surface area contributed by atoms with Crippen molar-refractivity contribution in [2.45, 2.75) is 50.9 Å². The van der Waals surface area contributed by atoms with Crippen LogP contribution in [-0.4, -0.2) is 11.8 Å². The van der Waals surface area contributed by atoms with Crippen LogP contribution < -0.4 is 5.32 Å². The molecule has 0 aromatic rings. The molecule has 0 amide bonds. The smallest absolute Gasteiger partial charge is 0.0827 e. The number of nitrogens with zero attached hydrogens (tertiary/aromatic N) is 1. The summed E-state index contributed by atoms with van der Waals surface area (Å²) in [6, 6.07) is 2.52. The van der Waals surface area contributed by atoms with Gasteiger partial charge in [-0.25, -0.2) is 0 Å². The summed E-state index contributed by atoms with van der Waals surface area (Å²) in [5.41, 5.74) is 0. The van der Waals surface area contributed by atoms with E-state index < -0.39 is 0 Å². The Kier molecular flexibility index (Phi) is 5.83. The van der Waals surface area contributed by atoms with Crippen molar-refractivity contribution in [1.29, 1.82) is 5.26 Å². The van der Waals surface area contributed by atoms with E-state index in [9.17, 15) is 0 Å². The van der Waals surface area contributed by atoms with Crippen LogP contribution in [0.25, 0.3) is 0 Å². The van der Waals surface area contributed by atoms with Crippen LogP contribution in [0.2, 0.25) is 0 Å². The van der Waals surface area contributed by atoms with Crippen LogP contribution in [0.3, 0.4) is 0 Å². The van der Waals surface area contributed by atoms with E-state index in [-0.39, 0.29) is 11.8 Å². The maximum atomic E-state index is 8.89. The highest BCUT2D eigenvalue weighted by atomic mass is 31.0. The van der Waals surface area contributed by atoms with Crippen molar-refractivity contribution in [2.24, 2.45) is 11.8 Å². The summed E-state index contributed by atoms with van der Waals surface area (Å²) >= 11 is 0. The second-order valence-electron chi connectivity index (χ2n) is 4.71. The maximum Gasteiger partial charge on any atom is 0.0827 e. The van der Waals surface area contributed by atoms with E-state index in [1.54, 1.807) is 0 Å². The van der Waals surface area contributed by atoms with Crippen molar-refractivity contribution in [2.75, 3.05) is 0 Å². The van der Waals surface area contributed by atoms with Gasteiger partial charge in [0, 0.05) is 6.04 Å². The van der Waals surface area contributed by atoms with Gasteiger partial charge in [0.05, 0.1) is 18.3 Å². The summed E-state index contributed by atoms with van der Waals surface area (Å²) < 4.78 is 0. The third kappa shape index (κ3) is 3.79. The molecule has 0 aliphatic heterocycles. The van der Waals surface area contributed by atoms with Crippen molar-refractivity contribution < 1.29 is 0 Å². The molecule has 0 saturated heterocycles. The van der Waals surface area contributed by atoms with E-state index in [2.05, 4.69) is 33.5 Å². The Balaban J connectivity index is 2.61. The van der Waals surface area contributed by atoms with Crippen LogP contribution in [0.4, 0.5) is 0 Å². The quantitative estimate of drug-likeness (QED) is 0.601. The highest BCUT2D eigenvalue weighted by molar-refractivity contribution is 7.18. The minimum Gasteiger partial charge on any atom is -0.296 e. The van der Waals surface area contributed by atoms with Gasteiger partial charge < -0.3 is 0 Å². The first kappa shape index (κ1) is 13.5. The Hall–Kier alpha value is -0.560. The molecule has 16 heavy (non-hydrogen) atoms. The lowest BCUT2D eigenvalue weighted by Crippen LogP contribution is -2.43. The highest BCUT2D eigenvalue weighted by Crippen LogP contribution is 2.33. The minimum absolute atomic E-state index is 0.0209. The molecule has 0 aromatic carbocycles. The fourth-order valence-corrected chi connectivity index (χ4v) is 2.90. The maximum absolute atomic E-state index is 8.89. The predicted molar refractivity (Wildman–Crippen MR) is 70.6 cm³/mol. The molecule has 2 unspecified atom stereocenters. The van der Waals surface area contributed by atoms with E-state index in [0.717, 1.165) is 0 Å². The topological polar surface area (TPSA) is 35.8 Å². The molecule has 88 valence electrons. The molecule has 3 heteroatoms. The molecule has 1 saturated carbocycles. The van der Waals surface area contributed by atoms with Crippen molar-refractivity contribution in [3.63, 3.8) is 0 Å². The Bertz CT molecular complexity index is 289. The van der Waals surface area contributed by atoms with Crippen molar-refractivity contribution in [3.8, 4) is 18.4 Å². The van der Waals surface area contributed by atoms with Crippen molar-refractivity contribution in [3.05, 3.63) is 0 Å². The summed E-state index contributed by atoms with van der Waals surface area (Å²) in [5, 5.41) is 12.3. The molecule has 0 heterocycles. The molecule has 1 N–H and O–H groups in total. The molecular formula is C13H21N2P. The summed E-state index contributed by atoms with van der Waals surface area (Å²) in [4.78, 5) is 0. The van der Waals surface area contributed by atoms with Gasteiger partial charge in [0.25, 0.3) is 0 Å². The molecule has 0 bridgehead atoms. The average molecular weight is 236 g/mol. The first-order valence-corrected chi connectivity index (χ1v) is 6.70. The van der Waals surface area contributed by atoms with Gasteiger partial charge in [-0.2, -0.15) is 5.26 Å². The molecule has 0 spiro atoms. The summed E-state index contributed by atoms with van der Waals surface area (Å²) in [6.45, 7) is 2.30. The zero-order valence-electron chi connectivity index (χ0n) is 9.95. The molecule has 1 rings (SSSR count). The van der Waals surface area contributed by atoms with Gasteiger partial charge in [-0.15, -0.1) is 15.7 Å². The van der Waals surface area contributed by atoms with Crippen molar-refractivity contribution in [1.82, 2.24) is 5.32 Å². The van der Waals surface area contributed by atoms with E-state index in [4.69, 9.17) is 11.7 Å². The normalized spacial score (nSPS) is 28.8. The second-order valence-corrected chi connectivity index (χ2v) is 5.37. The third-order valence-electron chi connectivity index (χ3n) is 3.58. The number of rotatable bonds is 4. The number of hydrogen-bond donors (Lipinski definition) is 1. The largest absolute Gasteiger partial charge is 0.296 e. The molecule has 0 radical (unpaired) electrons. The Morgan fingerprint density at radius 2 is 2.19 bits per heavy atom. The number of terminal acetylenes is 1. The predicted octanol–water partition coefficient (Wildman–Crippen LogP) is 2.52. The number of hydrogen-bond acceptors (Lipinski definition) is 2. The minimum atomic E-state index is -0.0209. The fourth-order valence-electron chi connectivity index (χ4n) is 2.65. The van der Waals surface area contributed by atoms with E-state index in [1.165, 1.54) is 25.7 Å². The van der Waals surface area contributed by atoms with Crippen LogP contribution in [0.15, 0.2) is 0 Å². The first-order chi connectivity index (χ1) is 7.69. The molecule has 1 fully saturated rings. The zero-order chi connectivity index (χ0) is 12.0. The fraction of sp³-hybridized carbons (Fsp3) is 0.769. The number of nitriles is 1. The van der Waals surface area contributed by atoms with Gasteiger partial charge >= 0.3 is 0 Å². The molecular weight excluding hydrogens is 215 g/mol. The van der Waals surface area contributed by atoms with Gasteiger partial charge in [-0.3, -0.25) is 5.32 Å². The van der Waals surface area contributed by atoms with Crippen LogP contribution in [0.5, 0.6) is 0 Å². The van der Waals surface area contributed by atoms with E-state index in [1.807, 2.05) is 0 Å². The van der Waals surface area contributed by atoms with Crippen LogP contribution in [-0.2, 0) is 0 Å². The van der Waals surface area contributed by atoms with Gasteiger partial charge in [-0.05, 0) is 18.3 Å². The van der Waals surface area contributed by atoms with Crippen LogP contribution >= 0.6 is 9.24 Å². The lowest BCUT2D eigenvalue weighted by atomic mass is 9.75. The van der Waals surface area contributed by atoms with Gasteiger partial charge in [0.2, 0.25) is 0 Å². The second kappa shape index (κ2) is 6.90. The highest BCUT2D eigenvalue weighted by Gasteiger charge is 2.29. The Morgan fingerprint density at radius 1 is 1.50 bits per heavy atom. The molecule has 0 aromatic heterocycles. The summed E-state index contributed by atoms with van der Waals surface area (Å²) in [7, 11) is 2.60. The molecule has 2 nitrogen and oxygen atoms in total. The summed E-state index contributed by atoms with van der Waals surface area (Å²) in [6.07, 6.45) is 11.0. The van der Waals surface area contributed by atoms with Gasteiger partial charge in [0.1, 0.15) is 0 Å². The SMILES string of the molecule is C#C[C@@H](P)NC(CC#N)[C@H]1CCCC[C@H]1C. The summed E-state index contributed by atoms with van der Waals surface area (Å²) in [5.74, 6) is 3.93. The Labute approximate surface area is 101 Å². The monoisotopic (exact) mass is 236 g/mol. The van der Waals surface area contributed by atoms with Crippen LogP contribution in [0.1, 0.15) is 39.0 Å². The Morgan fingerprint density at radius 3 is 2.75 bits per heavy atom. The molecule has 1 aliphatic rings. The lowest BCUT2D eigenvalue weighted by Gasteiger charge is -2.35. The average Bonchev–Trinajstić information content (AvgIpc) is 2.29. The van der Waals surface area contributed by atoms with Gasteiger partial charge in [-0.1, -0.05) is 32.1 Å². The number of nitrogens with one attached hydrogen (secondary N) is 1. The standard InChI is InChI=1S/C13H21N2P/c1-3-13(16)15-12(8-9-14)11-7-5-4-6-10(11)2/h1,10-13,15H,4-8,16H2,2H3/t10-,11+,12?,13-/m1/s1. The van der Waals surface area contributed by atoms with Gasteiger partial charge in [0.15, 0.2) is 0 Å². The van der Waals surface area contributed by atoms with E-state index >= 15 is 0 Å². The van der Waals surface area contributed by atoms with Crippen LogP contribution in [0, 0.1) is 35.5 Å². The molecule has 5 atom stereocenters. The third-order valence-corrected chi connectivity index (χ3v) is 3.96. The first-order valence-electron chi connectivity index (χ1n) is 6.03.